The first-order valence-corrected chi connectivity index (χ1v) is 7.52. The first-order chi connectivity index (χ1) is 11.2. The van der Waals surface area contributed by atoms with Gasteiger partial charge in [-0.2, -0.15) is 5.10 Å². The van der Waals surface area contributed by atoms with Gasteiger partial charge in [-0.05, 0) is 29.8 Å². The van der Waals surface area contributed by atoms with E-state index in [4.69, 9.17) is 5.11 Å². The molecule has 0 atom stereocenters. The SMILES string of the molecule is O=C(O)C=Cc1cnc(C=Cc2ccc(-n3cncn3)cc2)s1. The van der Waals surface area contributed by atoms with Gasteiger partial charge in [0.1, 0.15) is 17.7 Å². The number of benzene rings is 1. The second-order valence-corrected chi connectivity index (χ2v) is 5.63. The summed E-state index contributed by atoms with van der Waals surface area (Å²) in [7, 11) is 0. The van der Waals surface area contributed by atoms with Gasteiger partial charge in [-0.3, -0.25) is 0 Å². The number of nitrogens with zero attached hydrogens (tertiary/aromatic N) is 4. The summed E-state index contributed by atoms with van der Waals surface area (Å²) in [5.74, 6) is -0.969. The van der Waals surface area contributed by atoms with Gasteiger partial charge in [0.25, 0.3) is 0 Å². The largest absolute Gasteiger partial charge is 0.478 e. The fraction of sp³-hybridized carbons (Fsp3) is 0. The molecule has 0 bridgehead atoms. The molecule has 0 saturated carbocycles. The molecule has 0 aliphatic rings. The van der Waals surface area contributed by atoms with Crippen LogP contribution in [0.3, 0.4) is 0 Å². The molecule has 114 valence electrons. The highest BCUT2D eigenvalue weighted by Gasteiger charge is 1.98. The maximum Gasteiger partial charge on any atom is 0.328 e. The minimum Gasteiger partial charge on any atom is -0.478 e. The summed E-state index contributed by atoms with van der Waals surface area (Å²) in [5.41, 5.74) is 1.97. The van der Waals surface area contributed by atoms with Crippen molar-refractivity contribution in [2.45, 2.75) is 0 Å². The van der Waals surface area contributed by atoms with Crippen molar-refractivity contribution in [2.75, 3.05) is 0 Å². The molecule has 0 fully saturated rings. The number of aliphatic carboxylic acids is 1. The fourth-order valence-corrected chi connectivity index (χ4v) is 2.58. The summed E-state index contributed by atoms with van der Waals surface area (Å²) in [4.78, 5) is 19.4. The standard InChI is InChI=1S/C16H12N4O2S/c21-16(22)8-6-14-9-18-15(23-14)7-3-12-1-4-13(5-2-12)20-11-17-10-19-20/h1-11H,(H,21,22). The van der Waals surface area contributed by atoms with Gasteiger partial charge in [0, 0.05) is 17.2 Å². The summed E-state index contributed by atoms with van der Waals surface area (Å²) in [6.07, 6.45) is 11.3. The van der Waals surface area contributed by atoms with Crippen molar-refractivity contribution in [3.63, 3.8) is 0 Å². The monoisotopic (exact) mass is 324 g/mol. The van der Waals surface area contributed by atoms with Crippen LogP contribution in [0.5, 0.6) is 0 Å². The van der Waals surface area contributed by atoms with E-state index in [1.165, 1.54) is 23.7 Å². The third kappa shape index (κ3) is 3.98. The van der Waals surface area contributed by atoms with E-state index in [0.717, 1.165) is 27.2 Å². The van der Waals surface area contributed by atoms with Crippen molar-refractivity contribution in [3.8, 4) is 5.69 Å². The Hall–Kier alpha value is -3.06. The lowest BCUT2D eigenvalue weighted by Crippen LogP contribution is -1.93. The van der Waals surface area contributed by atoms with E-state index in [1.54, 1.807) is 17.2 Å². The van der Waals surface area contributed by atoms with Crippen LogP contribution in [-0.4, -0.2) is 30.8 Å². The van der Waals surface area contributed by atoms with Crippen LogP contribution in [0.25, 0.3) is 23.9 Å². The molecule has 0 amide bonds. The molecule has 1 N–H and O–H groups in total. The van der Waals surface area contributed by atoms with Crippen LogP contribution < -0.4 is 0 Å². The van der Waals surface area contributed by atoms with Crippen LogP contribution in [0.4, 0.5) is 0 Å². The molecule has 2 aromatic heterocycles. The van der Waals surface area contributed by atoms with Gasteiger partial charge < -0.3 is 5.11 Å². The highest BCUT2D eigenvalue weighted by atomic mass is 32.1. The van der Waals surface area contributed by atoms with Crippen molar-refractivity contribution in [1.82, 2.24) is 19.7 Å². The fourth-order valence-electron chi connectivity index (χ4n) is 1.86. The lowest BCUT2D eigenvalue weighted by molar-refractivity contribution is -0.131. The van der Waals surface area contributed by atoms with Gasteiger partial charge in [0.2, 0.25) is 0 Å². The molecule has 2 heterocycles. The number of thiazole rings is 1. The molecule has 3 rings (SSSR count). The quantitative estimate of drug-likeness (QED) is 0.730. The van der Waals surface area contributed by atoms with Crippen molar-refractivity contribution in [2.24, 2.45) is 0 Å². The van der Waals surface area contributed by atoms with E-state index in [0.29, 0.717) is 0 Å². The van der Waals surface area contributed by atoms with E-state index in [1.807, 2.05) is 36.4 Å². The Kier molecular flexibility index (Phi) is 4.39. The molecule has 0 saturated heterocycles. The lowest BCUT2D eigenvalue weighted by atomic mass is 10.2. The van der Waals surface area contributed by atoms with E-state index in [-0.39, 0.29) is 0 Å². The van der Waals surface area contributed by atoms with Crippen molar-refractivity contribution >= 4 is 35.5 Å². The average molecular weight is 324 g/mol. The first kappa shape index (κ1) is 14.9. The topological polar surface area (TPSA) is 80.9 Å². The van der Waals surface area contributed by atoms with Crippen LogP contribution >= 0.6 is 11.3 Å². The Morgan fingerprint density at radius 3 is 2.70 bits per heavy atom. The number of hydrogen-bond acceptors (Lipinski definition) is 5. The molecule has 3 aromatic rings. The molecule has 0 unspecified atom stereocenters. The molecule has 0 spiro atoms. The molecule has 23 heavy (non-hydrogen) atoms. The third-order valence-electron chi connectivity index (χ3n) is 2.93. The molecular formula is C16H12N4O2S. The Morgan fingerprint density at radius 1 is 1.17 bits per heavy atom. The lowest BCUT2D eigenvalue weighted by Gasteiger charge is -2.00. The normalized spacial score (nSPS) is 11.5. The molecule has 6 nitrogen and oxygen atoms in total. The number of carboxylic acid groups (broad SMARTS) is 1. The molecule has 0 aliphatic heterocycles. The number of rotatable bonds is 5. The minimum absolute atomic E-state index is 0.800. The van der Waals surface area contributed by atoms with E-state index in [2.05, 4.69) is 15.1 Å². The number of carbonyl (C=O) groups is 1. The minimum atomic E-state index is -0.969. The average Bonchev–Trinajstić information content (AvgIpc) is 3.23. The summed E-state index contributed by atoms with van der Waals surface area (Å²) >= 11 is 1.42. The Balaban J connectivity index is 1.69. The van der Waals surface area contributed by atoms with Crippen LogP contribution in [0.1, 0.15) is 15.4 Å². The second kappa shape index (κ2) is 6.80. The molecule has 0 aliphatic carbocycles. The molecule has 1 aromatic carbocycles. The van der Waals surface area contributed by atoms with Crippen LogP contribution in [0.2, 0.25) is 0 Å². The molecule has 7 heteroatoms. The van der Waals surface area contributed by atoms with Gasteiger partial charge in [-0.1, -0.05) is 18.2 Å². The Bertz CT molecular complexity index is 849. The zero-order chi connectivity index (χ0) is 16.1. The van der Waals surface area contributed by atoms with Crippen molar-refractivity contribution < 1.29 is 9.90 Å². The maximum absolute atomic E-state index is 10.5. The summed E-state index contributed by atoms with van der Waals surface area (Å²) in [6.45, 7) is 0. The van der Waals surface area contributed by atoms with E-state index < -0.39 is 5.97 Å². The number of carboxylic acids is 1. The summed E-state index contributed by atoms with van der Waals surface area (Å²) < 4.78 is 1.69. The van der Waals surface area contributed by atoms with Crippen molar-refractivity contribution in [3.05, 3.63) is 64.6 Å². The maximum atomic E-state index is 10.5. The smallest absolute Gasteiger partial charge is 0.328 e. The molecule has 0 radical (unpaired) electrons. The summed E-state index contributed by atoms with van der Waals surface area (Å²) in [5, 5.41) is 13.5. The molecular weight excluding hydrogens is 312 g/mol. The zero-order valence-electron chi connectivity index (χ0n) is 11.9. The van der Waals surface area contributed by atoms with Crippen molar-refractivity contribution in [1.29, 1.82) is 0 Å². The summed E-state index contributed by atoms with van der Waals surface area (Å²) in [6, 6.07) is 7.87. The van der Waals surface area contributed by atoms with Gasteiger partial charge in [-0.25, -0.2) is 19.4 Å². The Morgan fingerprint density at radius 2 is 2.00 bits per heavy atom. The predicted molar refractivity (Wildman–Crippen MR) is 89.1 cm³/mol. The highest BCUT2D eigenvalue weighted by molar-refractivity contribution is 7.13. The van der Waals surface area contributed by atoms with E-state index in [9.17, 15) is 4.79 Å². The highest BCUT2D eigenvalue weighted by Crippen LogP contribution is 2.18. The van der Waals surface area contributed by atoms with Gasteiger partial charge in [0.05, 0.1) is 5.69 Å². The van der Waals surface area contributed by atoms with Gasteiger partial charge in [-0.15, -0.1) is 11.3 Å². The second-order valence-electron chi connectivity index (χ2n) is 4.54. The van der Waals surface area contributed by atoms with E-state index >= 15 is 0 Å². The number of aromatic nitrogens is 4. The third-order valence-corrected chi connectivity index (χ3v) is 3.85. The van der Waals surface area contributed by atoms with Gasteiger partial charge in [0.15, 0.2) is 0 Å². The van der Waals surface area contributed by atoms with Crippen LogP contribution in [0.15, 0.2) is 49.2 Å². The van der Waals surface area contributed by atoms with Crippen LogP contribution in [0, 0.1) is 0 Å². The predicted octanol–water partition coefficient (Wildman–Crippen LogP) is 2.99. The number of hydrogen-bond donors (Lipinski definition) is 1. The zero-order valence-corrected chi connectivity index (χ0v) is 12.7. The Labute approximate surface area is 136 Å². The van der Waals surface area contributed by atoms with Crippen LogP contribution in [-0.2, 0) is 4.79 Å². The van der Waals surface area contributed by atoms with Gasteiger partial charge >= 0.3 is 5.97 Å². The first-order valence-electron chi connectivity index (χ1n) is 6.71.